The molecule has 0 aromatic heterocycles. The number of carbonyl (C=O) groups excluding carboxylic acids is 5. The number of ether oxygens (including phenoxy) is 2. The summed E-state index contributed by atoms with van der Waals surface area (Å²) in [5.74, 6) is -2.51. The van der Waals surface area contributed by atoms with Crippen molar-refractivity contribution in [1.29, 1.82) is 0 Å². The van der Waals surface area contributed by atoms with E-state index in [1.54, 1.807) is 13.8 Å². The maximum Gasteiger partial charge on any atom is 0.407 e. The Kier molecular flexibility index (Phi) is 12.1. The minimum atomic E-state index is -1.48. The van der Waals surface area contributed by atoms with Crippen LogP contribution in [0.15, 0.2) is 72.8 Å². The van der Waals surface area contributed by atoms with Crippen molar-refractivity contribution in [3.63, 3.8) is 0 Å². The first-order valence-electron chi connectivity index (χ1n) is 15.6. The Labute approximate surface area is 278 Å². The summed E-state index contributed by atoms with van der Waals surface area (Å²) in [5.41, 5.74) is 10.0. The van der Waals surface area contributed by atoms with Gasteiger partial charge in [-0.2, -0.15) is 0 Å². The number of methoxy groups -OCH3 is 1. The number of esters is 1. The second-order valence-electron chi connectivity index (χ2n) is 11.7. The lowest BCUT2D eigenvalue weighted by atomic mass is 9.98. The van der Waals surface area contributed by atoms with E-state index < -0.39 is 48.1 Å². The number of amides is 5. The lowest BCUT2D eigenvalue weighted by molar-refractivity contribution is -0.150. The Morgan fingerprint density at radius 1 is 0.854 bits per heavy atom. The van der Waals surface area contributed by atoms with Crippen molar-refractivity contribution in [1.82, 2.24) is 16.0 Å². The van der Waals surface area contributed by atoms with Crippen LogP contribution >= 0.6 is 0 Å². The Morgan fingerprint density at radius 3 is 2.02 bits per heavy atom. The van der Waals surface area contributed by atoms with Gasteiger partial charge in [0.05, 0.1) is 7.11 Å². The average Bonchev–Trinajstić information content (AvgIpc) is 3.40. The molecule has 1 unspecified atom stereocenters. The number of nitrogens with one attached hydrogen (secondary N) is 4. The molecule has 7 N–H and O–H groups in total. The second-order valence-corrected chi connectivity index (χ2v) is 11.7. The van der Waals surface area contributed by atoms with E-state index in [1.165, 1.54) is 24.3 Å². The number of primary amides is 1. The van der Waals surface area contributed by atoms with E-state index in [0.29, 0.717) is 12.1 Å². The first-order chi connectivity index (χ1) is 23.0. The minimum Gasteiger partial charge on any atom is -0.467 e. The summed E-state index contributed by atoms with van der Waals surface area (Å²) in [7, 11) is 1.16. The Balaban J connectivity index is 1.40. The number of aliphatic hydroxyl groups excluding tert-OH is 1. The van der Waals surface area contributed by atoms with E-state index in [1.807, 2.05) is 48.5 Å². The zero-order valence-corrected chi connectivity index (χ0v) is 27.0. The van der Waals surface area contributed by atoms with Crippen molar-refractivity contribution in [3.05, 3.63) is 89.5 Å². The Bertz CT molecular complexity index is 1580. The van der Waals surface area contributed by atoms with Gasteiger partial charge in [0.1, 0.15) is 18.7 Å². The van der Waals surface area contributed by atoms with Gasteiger partial charge in [0.15, 0.2) is 6.10 Å². The van der Waals surface area contributed by atoms with E-state index >= 15 is 0 Å². The van der Waals surface area contributed by atoms with Crippen LogP contribution in [0.3, 0.4) is 0 Å². The first-order valence-corrected chi connectivity index (χ1v) is 15.6. The van der Waals surface area contributed by atoms with Crippen LogP contribution in [0.25, 0.3) is 11.1 Å². The van der Waals surface area contributed by atoms with Gasteiger partial charge in [-0.25, -0.2) is 14.4 Å². The molecular weight excluding hydrogens is 618 g/mol. The largest absolute Gasteiger partial charge is 0.467 e. The van der Waals surface area contributed by atoms with Crippen LogP contribution in [0.4, 0.5) is 15.3 Å². The van der Waals surface area contributed by atoms with Crippen molar-refractivity contribution in [2.45, 2.75) is 50.8 Å². The van der Waals surface area contributed by atoms with E-state index in [0.717, 1.165) is 29.4 Å². The molecule has 13 nitrogen and oxygen atoms in total. The number of hydrogen-bond donors (Lipinski definition) is 6. The average molecular weight is 660 g/mol. The summed E-state index contributed by atoms with van der Waals surface area (Å²) in [6, 6.07) is 19.0. The second kappa shape index (κ2) is 16.4. The van der Waals surface area contributed by atoms with Crippen molar-refractivity contribution in [2.24, 2.45) is 11.7 Å². The van der Waals surface area contributed by atoms with Crippen molar-refractivity contribution >= 4 is 35.6 Å². The minimum absolute atomic E-state index is 0.0691. The third kappa shape index (κ3) is 8.88. The number of rotatable bonds is 14. The standard InChI is InChI=1S/C35H41N5O8/c1-20(2)29(40-35(46)48-19-27-25-11-6-4-9-23(25)24-10-5-7-12-26(24)27)32(43)39-28(13-8-18-37-34(36)45)31(42)38-22-16-14-21(15-17-22)30(41)33(44)47-3/h4-7,9-12,14-17,20,27-30,41H,8,13,18-19H2,1-3H3,(H,38,42)(H,39,43)(H,40,46)(H3,36,37,45)/t28-,29-,30?/m0/s1. The fourth-order valence-corrected chi connectivity index (χ4v) is 5.58. The zero-order valence-electron chi connectivity index (χ0n) is 27.0. The molecule has 48 heavy (non-hydrogen) atoms. The quantitative estimate of drug-likeness (QED) is 0.112. The molecule has 0 bridgehead atoms. The molecule has 0 saturated heterocycles. The van der Waals surface area contributed by atoms with E-state index in [4.69, 9.17) is 10.5 Å². The Morgan fingerprint density at radius 2 is 1.46 bits per heavy atom. The number of fused-ring (bicyclic) bond motifs is 3. The molecule has 0 saturated carbocycles. The fraction of sp³-hybridized carbons (Fsp3) is 0.343. The molecule has 0 fully saturated rings. The van der Waals surface area contributed by atoms with E-state index in [9.17, 15) is 29.1 Å². The van der Waals surface area contributed by atoms with Gasteiger partial charge in [-0.1, -0.05) is 74.5 Å². The lowest BCUT2D eigenvalue weighted by Crippen LogP contribution is -2.54. The van der Waals surface area contributed by atoms with Gasteiger partial charge in [0.2, 0.25) is 11.8 Å². The van der Waals surface area contributed by atoms with Crippen LogP contribution in [-0.2, 0) is 23.9 Å². The smallest absolute Gasteiger partial charge is 0.407 e. The van der Waals surface area contributed by atoms with Crippen LogP contribution in [0.1, 0.15) is 55.4 Å². The SMILES string of the molecule is COC(=O)C(O)c1ccc(NC(=O)[C@H](CCCNC(N)=O)NC(=O)[C@@H](NC(=O)OCC2c3ccccc3-c3ccccc32)C(C)C)cc1. The summed E-state index contributed by atoms with van der Waals surface area (Å²) in [6.07, 6.45) is -1.82. The molecule has 3 atom stereocenters. The van der Waals surface area contributed by atoms with Gasteiger partial charge < -0.3 is 41.6 Å². The molecule has 3 aromatic rings. The summed E-state index contributed by atoms with van der Waals surface area (Å²) in [4.78, 5) is 62.6. The van der Waals surface area contributed by atoms with Crippen LogP contribution in [0.2, 0.25) is 0 Å². The number of hydrogen-bond acceptors (Lipinski definition) is 8. The molecule has 1 aliphatic carbocycles. The predicted molar refractivity (Wildman–Crippen MR) is 178 cm³/mol. The number of benzene rings is 3. The van der Waals surface area contributed by atoms with Crippen molar-refractivity contribution in [2.75, 3.05) is 25.6 Å². The summed E-state index contributed by atoms with van der Waals surface area (Å²) < 4.78 is 10.2. The number of anilines is 1. The van der Waals surface area contributed by atoms with Crippen LogP contribution in [0.5, 0.6) is 0 Å². The number of urea groups is 1. The monoisotopic (exact) mass is 659 g/mol. The van der Waals surface area contributed by atoms with Gasteiger partial charge in [0, 0.05) is 18.2 Å². The van der Waals surface area contributed by atoms with Gasteiger partial charge >= 0.3 is 18.1 Å². The molecule has 4 rings (SSSR count). The predicted octanol–water partition coefficient (Wildman–Crippen LogP) is 3.33. The molecule has 13 heteroatoms. The topological polar surface area (TPSA) is 198 Å². The molecule has 0 aliphatic heterocycles. The van der Waals surface area contributed by atoms with E-state index in [2.05, 4.69) is 26.0 Å². The number of alkyl carbamates (subject to hydrolysis) is 1. The van der Waals surface area contributed by atoms with Crippen molar-refractivity contribution in [3.8, 4) is 11.1 Å². The summed E-state index contributed by atoms with van der Waals surface area (Å²) >= 11 is 0. The first kappa shape index (κ1) is 35.4. The molecule has 0 heterocycles. The highest BCUT2D eigenvalue weighted by molar-refractivity contribution is 5.98. The molecule has 5 amide bonds. The van der Waals surface area contributed by atoms with Gasteiger partial charge in [0.25, 0.3) is 0 Å². The van der Waals surface area contributed by atoms with E-state index in [-0.39, 0.29) is 37.0 Å². The molecule has 0 spiro atoms. The highest BCUT2D eigenvalue weighted by Crippen LogP contribution is 2.44. The number of carbonyl (C=O) groups is 5. The van der Waals surface area contributed by atoms with Gasteiger partial charge in [-0.15, -0.1) is 0 Å². The highest BCUT2D eigenvalue weighted by atomic mass is 16.5. The maximum absolute atomic E-state index is 13.5. The molecular formula is C35H41N5O8. The lowest BCUT2D eigenvalue weighted by Gasteiger charge is -2.25. The van der Waals surface area contributed by atoms with Gasteiger partial charge in [-0.05, 0) is 58.7 Å². The highest BCUT2D eigenvalue weighted by Gasteiger charge is 2.32. The molecule has 254 valence electrons. The number of aliphatic hydroxyl groups is 1. The van der Waals surface area contributed by atoms with Gasteiger partial charge in [-0.3, -0.25) is 9.59 Å². The van der Waals surface area contributed by atoms with Crippen LogP contribution in [0, 0.1) is 5.92 Å². The summed E-state index contributed by atoms with van der Waals surface area (Å²) in [6.45, 7) is 3.74. The Hall–Kier alpha value is -5.43. The molecule has 0 radical (unpaired) electrons. The molecule has 1 aliphatic rings. The maximum atomic E-state index is 13.5. The third-order valence-electron chi connectivity index (χ3n) is 8.09. The molecule has 3 aromatic carbocycles. The van der Waals surface area contributed by atoms with Crippen LogP contribution in [-0.4, -0.2) is 67.4 Å². The third-order valence-corrected chi connectivity index (χ3v) is 8.09. The van der Waals surface area contributed by atoms with Crippen molar-refractivity contribution < 1.29 is 38.6 Å². The van der Waals surface area contributed by atoms with Crippen LogP contribution < -0.4 is 27.0 Å². The number of nitrogens with two attached hydrogens (primary N) is 1. The zero-order chi connectivity index (χ0) is 34.8. The normalized spacial score (nSPS) is 13.7. The summed E-state index contributed by atoms with van der Waals surface area (Å²) in [5, 5.41) is 20.6. The fourth-order valence-electron chi connectivity index (χ4n) is 5.58.